The van der Waals surface area contributed by atoms with Gasteiger partial charge in [-0.3, -0.25) is 4.68 Å². The van der Waals surface area contributed by atoms with Crippen molar-refractivity contribution in [2.45, 2.75) is 58.5 Å². The molecule has 1 aromatic rings. The molecule has 1 aromatic heterocycles. The monoisotopic (exact) mass is 235 g/mol. The molecule has 3 nitrogen and oxygen atoms in total. The number of nitrogens with zero attached hydrogens (tertiary/aromatic N) is 2. The smallest absolute Gasteiger partial charge is 0.0524 e. The minimum atomic E-state index is 0.731. The van der Waals surface area contributed by atoms with Crippen molar-refractivity contribution in [2.75, 3.05) is 6.54 Å². The van der Waals surface area contributed by atoms with Crippen LogP contribution >= 0.6 is 0 Å². The van der Waals surface area contributed by atoms with Crippen LogP contribution in [0.5, 0.6) is 0 Å². The van der Waals surface area contributed by atoms with Crippen molar-refractivity contribution in [3.05, 3.63) is 18.0 Å². The summed E-state index contributed by atoms with van der Waals surface area (Å²) in [6.07, 6.45) is 8.07. The highest BCUT2D eigenvalue weighted by Crippen LogP contribution is 2.44. The topological polar surface area (TPSA) is 29.9 Å². The average Bonchev–Trinajstić information content (AvgIpc) is 2.77. The average molecular weight is 235 g/mol. The third kappa shape index (κ3) is 2.54. The first-order valence-corrected chi connectivity index (χ1v) is 7.05. The Morgan fingerprint density at radius 3 is 2.82 bits per heavy atom. The van der Waals surface area contributed by atoms with E-state index in [4.69, 9.17) is 0 Å². The Morgan fingerprint density at radius 2 is 2.24 bits per heavy atom. The summed E-state index contributed by atoms with van der Waals surface area (Å²) >= 11 is 0. The summed E-state index contributed by atoms with van der Waals surface area (Å²) in [5.41, 5.74) is 1.44. The summed E-state index contributed by atoms with van der Waals surface area (Å²) in [7, 11) is 0. The van der Waals surface area contributed by atoms with E-state index in [2.05, 4.69) is 43.6 Å². The highest BCUT2D eigenvalue weighted by molar-refractivity contribution is 5.19. The molecule has 0 saturated heterocycles. The third-order valence-electron chi connectivity index (χ3n) is 4.07. The number of aromatic nitrogens is 2. The molecule has 1 heterocycles. The number of hydrogen-bond donors (Lipinski definition) is 1. The normalized spacial score (nSPS) is 28.1. The molecule has 0 aliphatic heterocycles. The molecule has 1 aliphatic rings. The maximum atomic E-state index is 4.39. The summed E-state index contributed by atoms with van der Waals surface area (Å²) in [5, 5.41) is 8.05. The Kier molecular flexibility index (Phi) is 4.21. The van der Waals surface area contributed by atoms with Gasteiger partial charge in [-0.05, 0) is 43.7 Å². The van der Waals surface area contributed by atoms with Crippen molar-refractivity contribution in [1.29, 1.82) is 0 Å². The van der Waals surface area contributed by atoms with E-state index < -0.39 is 0 Å². The van der Waals surface area contributed by atoms with E-state index in [1.165, 1.54) is 24.8 Å². The second-order valence-electron chi connectivity index (χ2n) is 5.10. The fourth-order valence-corrected chi connectivity index (χ4v) is 2.97. The van der Waals surface area contributed by atoms with Gasteiger partial charge in [0.05, 0.1) is 6.20 Å². The Balaban J connectivity index is 1.94. The Labute approximate surface area is 105 Å². The fourth-order valence-electron chi connectivity index (χ4n) is 2.97. The number of rotatable bonds is 6. The van der Waals surface area contributed by atoms with Crippen LogP contribution in [0.1, 0.15) is 51.5 Å². The van der Waals surface area contributed by atoms with Crippen molar-refractivity contribution < 1.29 is 0 Å². The first kappa shape index (κ1) is 12.6. The van der Waals surface area contributed by atoms with Crippen LogP contribution < -0.4 is 5.32 Å². The number of hydrogen-bond acceptors (Lipinski definition) is 2. The van der Waals surface area contributed by atoms with Gasteiger partial charge >= 0.3 is 0 Å². The molecule has 3 atom stereocenters. The van der Waals surface area contributed by atoms with Crippen LogP contribution in [-0.4, -0.2) is 22.4 Å². The molecule has 1 saturated carbocycles. The van der Waals surface area contributed by atoms with Gasteiger partial charge in [-0.2, -0.15) is 5.10 Å². The molecule has 0 radical (unpaired) electrons. The molecule has 0 amide bonds. The molecule has 3 unspecified atom stereocenters. The predicted octanol–water partition coefficient (Wildman–Crippen LogP) is 2.78. The quantitative estimate of drug-likeness (QED) is 0.821. The van der Waals surface area contributed by atoms with E-state index >= 15 is 0 Å². The van der Waals surface area contributed by atoms with Gasteiger partial charge in [0.25, 0.3) is 0 Å². The van der Waals surface area contributed by atoms with Crippen LogP contribution in [-0.2, 0) is 6.54 Å². The molecule has 96 valence electrons. The van der Waals surface area contributed by atoms with Gasteiger partial charge in [-0.25, -0.2) is 0 Å². The van der Waals surface area contributed by atoms with Gasteiger partial charge in [0.15, 0.2) is 0 Å². The molecule has 1 N–H and O–H groups in total. The van der Waals surface area contributed by atoms with Gasteiger partial charge in [0, 0.05) is 18.8 Å². The first-order valence-electron chi connectivity index (χ1n) is 7.05. The van der Waals surface area contributed by atoms with Crippen LogP contribution in [0.4, 0.5) is 0 Å². The largest absolute Gasteiger partial charge is 0.314 e. The van der Waals surface area contributed by atoms with Crippen LogP contribution in [0.2, 0.25) is 0 Å². The Bertz CT molecular complexity index is 345. The molecule has 17 heavy (non-hydrogen) atoms. The van der Waals surface area contributed by atoms with Gasteiger partial charge in [0.2, 0.25) is 0 Å². The van der Waals surface area contributed by atoms with E-state index in [-0.39, 0.29) is 0 Å². The minimum Gasteiger partial charge on any atom is -0.314 e. The molecule has 1 fully saturated rings. The molecular formula is C14H25N3. The molecular weight excluding hydrogens is 210 g/mol. The van der Waals surface area contributed by atoms with Crippen molar-refractivity contribution in [3.63, 3.8) is 0 Å². The molecule has 3 heteroatoms. The van der Waals surface area contributed by atoms with Gasteiger partial charge in [0.1, 0.15) is 0 Å². The summed E-state index contributed by atoms with van der Waals surface area (Å²) < 4.78 is 2.04. The van der Waals surface area contributed by atoms with Gasteiger partial charge in [-0.1, -0.05) is 20.3 Å². The van der Waals surface area contributed by atoms with Gasteiger partial charge in [-0.15, -0.1) is 0 Å². The zero-order chi connectivity index (χ0) is 12.3. The Hall–Kier alpha value is -0.830. The lowest BCUT2D eigenvalue weighted by Gasteiger charge is -2.45. The van der Waals surface area contributed by atoms with Crippen LogP contribution in [0.3, 0.4) is 0 Å². The van der Waals surface area contributed by atoms with E-state index in [0.29, 0.717) is 0 Å². The number of nitrogens with one attached hydrogen (secondary N) is 1. The van der Waals surface area contributed by atoms with Crippen molar-refractivity contribution in [2.24, 2.45) is 5.92 Å². The van der Waals surface area contributed by atoms with E-state index in [1.54, 1.807) is 0 Å². The predicted molar refractivity (Wildman–Crippen MR) is 71.1 cm³/mol. The van der Waals surface area contributed by atoms with Crippen molar-refractivity contribution >= 4 is 0 Å². The highest BCUT2D eigenvalue weighted by Gasteiger charge is 2.40. The summed E-state index contributed by atoms with van der Waals surface area (Å²) in [6.45, 7) is 8.81. The summed E-state index contributed by atoms with van der Waals surface area (Å²) in [5.74, 6) is 1.53. The fraction of sp³-hybridized carbons (Fsp3) is 0.786. The second kappa shape index (κ2) is 5.67. The van der Waals surface area contributed by atoms with E-state index in [1.807, 2.05) is 4.68 Å². The van der Waals surface area contributed by atoms with Gasteiger partial charge < -0.3 is 5.32 Å². The summed E-state index contributed by atoms with van der Waals surface area (Å²) in [4.78, 5) is 0. The molecule has 0 aromatic carbocycles. The molecule has 0 spiro atoms. The molecule has 2 rings (SSSR count). The van der Waals surface area contributed by atoms with E-state index in [0.717, 1.165) is 31.0 Å². The zero-order valence-corrected chi connectivity index (χ0v) is 11.3. The maximum absolute atomic E-state index is 4.39. The van der Waals surface area contributed by atoms with Crippen LogP contribution in [0.25, 0.3) is 0 Å². The highest BCUT2D eigenvalue weighted by atomic mass is 15.3. The lowest BCUT2D eigenvalue weighted by atomic mass is 9.65. The first-order chi connectivity index (χ1) is 8.30. The van der Waals surface area contributed by atoms with Crippen LogP contribution in [0, 0.1) is 5.92 Å². The summed E-state index contributed by atoms with van der Waals surface area (Å²) in [6, 6.07) is 0.731. The zero-order valence-electron chi connectivity index (χ0n) is 11.3. The third-order valence-corrected chi connectivity index (χ3v) is 4.07. The lowest BCUT2D eigenvalue weighted by molar-refractivity contribution is 0.161. The molecule has 1 aliphatic carbocycles. The standard InChI is InChI=1S/C14H25N3/c1-4-7-15-14-8-13(12(14)5-2)11-9-16-17(6-3)10-11/h9-10,12-15H,4-8H2,1-3H3. The maximum Gasteiger partial charge on any atom is 0.0524 e. The van der Waals surface area contributed by atoms with Crippen LogP contribution in [0.15, 0.2) is 12.4 Å². The lowest BCUT2D eigenvalue weighted by Crippen LogP contribution is -2.49. The van der Waals surface area contributed by atoms with Crippen molar-refractivity contribution in [3.8, 4) is 0 Å². The Morgan fingerprint density at radius 1 is 1.41 bits per heavy atom. The van der Waals surface area contributed by atoms with Crippen molar-refractivity contribution in [1.82, 2.24) is 15.1 Å². The van der Waals surface area contributed by atoms with E-state index in [9.17, 15) is 0 Å². The SMILES string of the molecule is CCCNC1CC(c2cnn(CC)c2)C1CC. The molecule has 0 bridgehead atoms. The number of aryl methyl sites for hydroxylation is 1. The second-order valence-corrected chi connectivity index (χ2v) is 5.10. The minimum absolute atomic E-state index is 0.731.